The first kappa shape index (κ1) is 14.3. The van der Waals surface area contributed by atoms with Crippen LogP contribution in [0.2, 0.25) is 0 Å². The van der Waals surface area contributed by atoms with Crippen molar-refractivity contribution in [3.05, 3.63) is 23.3 Å². The van der Waals surface area contributed by atoms with Crippen molar-refractivity contribution in [1.82, 2.24) is 0 Å². The Morgan fingerprint density at radius 3 is 2.72 bits per heavy atom. The highest BCUT2D eigenvalue weighted by atomic mass is 32.1. The van der Waals surface area contributed by atoms with E-state index < -0.39 is 12.6 Å². The Balaban J connectivity index is 3.21. The van der Waals surface area contributed by atoms with E-state index in [9.17, 15) is 13.6 Å². The van der Waals surface area contributed by atoms with Crippen molar-refractivity contribution in [2.45, 2.75) is 18.4 Å². The molecule has 0 atom stereocenters. The lowest BCUT2D eigenvalue weighted by Crippen LogP contribution is -2.09. The fourth-order valence-corrected chi connectivity index (χ4v) is 1.51. The third kappa shape index (κ3) is 3.34. The second kappa shape index (κ2) is 6.21. The minimum atomic E-state index is -3.09. The first-order chi connectivity index (χ1) is 8.49. The van der Waals surface area contributed by atoms with Gasteiger partial charge in [0.15, 0.2) is 0 Å². The summed E-state index contributed by atoms with van der Waals surface area (Å²) in [5, 5.41) is 8.76. The van der Waals surface area contributed by atoms with Crippen LogP contribution in [0.1, 0.15) is 22.8 Å². The van der Waals surface area contributed by atoms with Crippen LogP contribution in [0.5, 0.6) is 5.75 Å². The quantitative estimate of drug-likeness (QED) is 0.676. The average Bonchev–Trinajstić information content (AvgIpc) is 2.30. The molecule has 0 bridgehead atoms. The van der Waals surface area contributed by atoms with Crippen molar-refractivity contribution in [1.29, 1.82) is 5.26 Å². The Morgan fingerprint density at radius 1 is 1.56 bits per heavy atom. The van der Waals surface area contributed by atoms with Gasteiger partial charge in [-0.1, -0.05) is 0 Å². The van der Waals surface area contributed by atoms with Gasteiger partial charge in [-0.3, -0.25) is 0 Å². The number of hydrogen-bond donors (Lipinski definition) is 1. The molecule has 0 aliphatic carbocycles. The zero-order chi connectivity index (χ0) is 13.7. The normalized spacial score (nSPS) is 10.0. The van der Waals surface area contributed by atoms with E-state index >= 15 is 0 Å². The zero-order valence-electron chi connectivity index (χ0n) is 9.31. The van der Waals surface area contributed by atoms with E-state index in [1.54, 1.807) is 13.0 Å². The molecule has 0 unspecified atom stereocenters. The van der Waals surface area contributed by atoms with Gasteiger partial charge < -0.3 is 9.47 Å². The second-order valence-electron chi connectivity index (χ2n) is 3.08. The smallest absolute Gasteiger partial charge is 0.387 e. The minimum absolute atomic E-state index is 0.0326. The van der Waals surface area contributed by atoms with Crippen LogP contribution < -0.4 is 4.74 Å². The molecule has 18 heavy (non-hydrogen) atoms. The van der Waals surface area contributed by atoms with Gasteiger partial charge in [-0.15, -0.1) is 12.6 Å². The highest BCUT2D eigenvalue weighted by Crippen LogP contribution is 2.27. The fourth-order valence-electron chi connectivity index (χ4n) is 1.22. The van der Waals surface area contributed by atoms with Crippen LogP contribution in [-0.4, -0.2) is 19.2 Å². The number of benzene rings is 1. The van der Waals surface area contributed by atoms with Crippen LogP contribution in [0, 0.1) is 11.3 Å². The summed E-state index contributed by atoms with van der Waals surface area (Å²) in [7, 11) is 0. The summed E-state index contributed by atoms with van der Waals surface area (Å²) >= 11 is 4.00. The Kier molecular flexibility index (Phi) is 4.92. The average molecular weight is 273 g/mol. The summed E-state index contributed by atoms with van der Waals surface area (Å²) in [5.74, 6) is -1.10. The highest BCUT2D eigenvalue weighted by Gasteiger charge is 2.17. The molecule has 0 aliphatic rings. The Bertz CT molecular complexity index is 500. The molecule has 0 aliphatic heterocycles. The van der Waals surface area contributed by atoms with Gasteiger partial charge in [-0.25, -0.2) is 4.79 Å². The molecule has 0 heterocycles. The molecular weight excluding hydrogens is 264 g/mol. The van der Waals surface area contributed by atoms with Gasteiger partial charge in [-0.05, 0) is 19.1 Å². The number of alkyl halides is 2. The van der Waals surface area contributed by atoms with E-state index in [0.717, 1.165) is 6.07 Å². The maximum absolute atomic E-state index is 12.2. The van der Waals surface area contributed by atoms with Gasteiger partial charge in [0.2, 0.25) is 0 Å². The van der Waals surface area contributed by atoms with E-state index in [2.05, 4.69) is 17.4 Å². The number of rotatable bonds is 4. The summed E-state index contributed by atoms with van der Waals surface area (Å²) in [4.78, 5) is 11.7. The largest absolute Gasteiger partial charge is 0.462 e. The summed E-state index contributed by atoms with van der Waals surface area (Å²) in [6, 6.07) is 3.87. The first-order valence-electron chi connectivity index (χ1n) is 4.88. The van der Waals surface area contributed by atoms with Crippen molar-refractivity contribution in [2.75, 3.05) is 6.61 Å². The number of esters is 1. The van der Waals surface area contributed by atoms with Gasteiger partial charge in [0.05, 0.1) is 17.7 Å². The van der Waals surface area contributed by atoms with E-state index in [1.165, 1.54) is 6.07 Å². The van der Waals surface area contributed by atoms with Gasteiger partial charge in [0.1, 0.15) is 11.8 Å². The van der Waals surface area contributed by atoms with Crippen LogP contribution >= 0.6 is 12.6 Å². The molecule has 0 spiro atoms. The lowest BCUT2D eigenvalue weighted by molar-refractivity contribution is -0.0501. The Hall–Kier alpha value is -1.81. The van der Waals surface area contributed by atoms with Gasteiger partial charge in [-0.2, -0.15) is 14.0 Å². The van der Waals surface area contributed by atoms with Crippen molar-refractivity contribution < 1.29 is 23.0 Å². The number of hydrogen-bond acceptors (Lipinski definition) is 5. The van der Waals surface area contributed by atoms with Crippen molar-refractivity contribution in [3.63, 3.8) is 0 Å². The van der Waals surface area contributed by atoms with Crippen LogP contribution in [-0.2, 0) is 4.74 Å². The summed E-state index contributed by atoms with van der Waals surface area (Å²) in [6.45, 7) is -1.34. The maximum Gasteiger partial charge on any atom is 0.387 e. The van der Waals surface area contributed by atoms with E-state index in [-0.39, 0.29) is 28.4 Å². The fraction of sp³-hybridized carbons (Fsp3) is 0.273. The van der Waals surface area contributed by atoms with Crippen molar-refractivity contribution in [3.8, 4) is 11.8 Å². The number of nitrogens with zero attached hydrogens (tertiary/aromatic N) is 1. The third-order valence-corrected chi connectivity index (χ3v) is 2.30. The number of thiol groups is 1. The van der Waals surface area contributed by atoms with Crippen molar-refractivity contribution in [2.24, 2.45) is 0 Å². The molecule has 0 saturated heterocycles. The number of nitriles is 1. The lowest BCUT2D eigenvalue weighted by atomic mass is 10.1. The molecule has 1 rings (SSSR count). The van der Waals surface area contributed by atoms with Gasteiger partial charge in [0, 0.05) is 4.90 Å². The second-order valence-corrected chi connectivity index (χ2v) is 3.56. The van der Waals surface area contributed by atoms with Gasteiger partial charge >= 0.3 is 12.6 Å². The molecule has 0 amide bonds. The van der Waals surface area contributed by atoms with Crippen LogP contribution in [0.25, 0.3) is 0 Å². The SMILES string of the molecule is CCOC(=O)c1cc(OC(F)F)c(C#N)cc1S. The zero-order valence-corrected chi connectivity index (χ0v) is 10.2. The monoisotopic (exact) mass is 273 g/mol. The third-order valence-electron chi connectivity index (χ3n) is 1.93. The van der Waals surface area contributed by atoms with E-state index in [4.69, 9.17) is 10.00 Å². The van der Waals surface area contributed by atoms with Crippen LogP contribution in [0.3, 0.4) is 0 Å². The summed E-state index contributed by atoms with van der Waals surface area (Å²) in [5.41, 5.74) is -0.164. The maximum atomic E-state index is 12.2. The van der Waals surface area contributed by atoms with E-state index in [1.807, 2.05) is 0 Å². The number of carbonyl (C=O) groups excluding carboxylic acids is 1. The summed E-state index contributed by atoms with van der Waals surface area (Å²) in [6.07, 6.45) is 0. The summed E-state index contributed by atoms with van der Waals surface area (Å²) < 4.78 is 33.2. The molecule has 0 saturated carbocycles. The molecule has 1 aromatic rings. The molecule has 0 radical (unpaired) electrons. The Morgan fingerprint density at radius 2 is 2.22 bits per heavy atom. The predicted octanol–water partition coefficient (Wildman–Crippen LogP) is 2.63. The first-order valence-corrected chi connectivity index (χ1v) is 5.33. The molecule has 0 fully saturated rings. The van der Waals surface area contributed by atoms with Gasteiger partial charge in [0.25, 0.3) is 0 Å². The molecule has 7 heteroatoms. The Labute approximate surface area is 108 Å². The minimum Gasteiger partial charge on any atom is -0.462 e. The number of halogens is 2. The van der Waals surface area contributed by atoms with Crippen LogP contribution in [0.4, 0.5) is 8.78 Å². The number of ether oxygens (including phenoxy) is 2. The molecule has 0 N–H and O–H groups in total. The molecular formula is C11H9F2NO3S. The highest BCUT2D eigenvalue weighted by molar-refractivity contribution is 7.80. The topological polar surface area (TPSA) is 59.3 Å². The van der Waals surface area contributed by atoms with E-state index in [0.29, 0.717) is 0 Å². The molecule has 4 nitrogen and oxygen atoms in total. The molecule has 96 valence electrons. The molecule has 0 aromatic heterocycles. The molecule has 1 aromatic carbocycles. The number of carbonyl (C=O) groups is 1. The standard InChI is InChI=1S/C11H9F2NO3S/c1-2-16-10(15)7-4-8(17-11(12)13)6(5-14)3-9(7)18/h3-4,11,18H,2H2,1H3. The predicted molar refractivity (Wildman–Crippen MR) is 61.0 cm³/mol. The lowest BCUT2D eigenvalue weighted by Gasteiger charge is -2.10. The van der Waals surface area contributed by atoms with Crippen LogP contribution in [0.15, 0.2) is 17.0 Å². The van der Waals surface area contributed by atoms with Crippen molar-refractivity contribution >= 4 is 18.6 Å².